The fourth-order valence-electron chi connectivity index (χ4n) is 3.82. The van der Waals surface area contributed by atoms with Crippen LogP contribution in [0.3, 0.4) is 0 Å². The minimum atomic E-state index is 0.0676. The summed E-state index contributed by atoms with van der Waals surface area (Å²) in [5.41, 5.74) is 2.59. The summed E-state index contributed by atoms with van der Waals surface area (Å²) >= 11 is 0. The van der Waals surface area contributed by atoms with Gasteiger partial charge in [0, 0.05) is 19.0 Å². The summed E-state index contributed by atoms with van der Waals surface area (Å²) in [7, 11) is 0. The quantitative estimate of drug-likeness (QED) is 0.924. The zero-order chi connectivity index (χ0) is 14.9. The van der Waals surface area contributed by atoms with Crippen molar-refractivity contribution in [1.82, 2.24) is 20.1 Å². The molecule has 0 spiro atoms. The van der Waals surface area contributed by atoms with Gasteiger partial charge in [0.1, 0.15) is 12.2 Å². The van der Waals surface area contributed by atoms with Crippen molar-refractivity contribution in [2.24, 2.45) is 0 Å². The van der Waals surface area contributed by atoms with Crippen molar-refractivity contribution in [3.63, 3.8) is 0 Å². The first-order valence-corrected chi connectivity index (χ1v) is 8.05. The summed E-state index contributed by atoms with van der Waals surface area (Å²) < 4.78 is 0. The average molecular weight is 296 g/mol. The summed E-state index contributed by atoms with van der Waals surface area (Å²) in [5.74, 6) is 1.74. The predicted octanol–water partition coefficient (Wildman–Crippen LogP) is 2.24. The van der Waals surface area contributed by atoms with Gasteiger partial charge in [-0.2, -0.15) is 5.10 Å². The molecule has 2 aliphatic rings. The Morgan fingerprint density at radius 1 is 1.18 bits per heavy atom. The van der Waals surface area contributed by atoms with Gasteiger partial charge in [-0.25, -0.2) is 4.98 Å². The van der Waals surface area contributed by atoms with E-state index in [2.05, 4.69) is 33.4 Å². The first kappa shape index (κ1) is 13.5. The fraction of sp³-hybridized carbons (Fsp3) is 0.471. The molecule has 1 fully saturated rings. The maximum Gasteiger partial charge on any atom is 0.230 e. The number of carbonyl (C=O) groups is 1. The summed E-state index contributed by atoms with van der Waals surface area (Å²) in [4.78, 5) is 19.1. The Morgan fingerprint density at radius 3 is 2.77 bits per heavy atom. The van der Waals surface area contributed by atoms with E-state index in [0.29, 0.717) is 11.8 Å². The lowest BCUT2D eigenvalue weighted by Gasteiger charge is -2.33. The van der Waals surface area contributed by atoms with Crippen LogP contribution in [0.25, 0.3) is 0 Å². The summed E-state index contributed by atoms with van der Waals surface area (Å²) in [6.45, 7) is 1.64. The first-order chi connectivity index (χ1) is 10.8. The van der Waals surface area contributed by atoms with Gasteiger partial charge in [0.05, 0.1) is 5.92 Å². The van der Waals surface area contributed by atoms with Crippen LogP contribution in [0.4, 0.5) is 0 Å². The molecule has 2 aromatic rings. The Labute approximate surface area is 129 Å². The number of nitrogens with one attached hydrogen (secondary N) is 1. The number of H-pyrrole nitrogens is 1. The predicted molar refractivity (Wildman–Crippen MR) is 82.4 cm³/mol. The molecule has 5 nitrogen and oxygen atoms in total. The number of carbonyl (C=O) groups excluding carboxylic acids is 1. The van der Waals surface area contributed by atoms with Crippen LogP contribution < -0.4 is 0 Å². The number of benzene rings is 1. The second-order valence-corrected chi connectivity index (χ2v) is 6.26. The van der Waals surface area contributed by atoms with Crippen molar-refractivity contribution in [2.45, 2.75) is 37.5 Å². The van der Waals surface area contributed by atoms with Crippen LogP contribution in [0.15, 0.2) is 30.6 Å². The number of likely N-dealkylation sites (tertiary alicyclic amines) is 1. The number of hydrogen-bond acceptors (Lipinski definition) is 3. The van der Waals surface area contributed by atoms with Crippen molar-refractivity contribution >= 4 is 5.91 Å². The molecule has 1 aliphatic carbocycles. The molecule has 0 bridgehead atoms. The Balaban J connectivity index is 1.43. The molecule has 1 aromatic heterocycles. The van der Waals surface area contributed by atoms with E-state index in [1.807, 2.05) is 11.0 Å². The number of fused-ring (bicyclic) bond motifs is 1. The van der Waals surface area contributed by atoms with E-state index in [1.165, 1.54) is 11.1 Å². The SMILES string of the molecule is O=C([C@@H]1CCc2ccccc21)N1CCC(c2ncn[nH]2)CC1. The minimum absolute atomic E-state index is 0.0676. The maximum atomic E-state index is 12.8. The third-order valence-electron chi connectivity index (χ3n) is 5.06. The number of aromatic amines is 1. The second-order valence-electron chi connectivity index (χ2n) is 6.26. The van der Waals surface area contributed by atoms with E-state index in [1.54, 1.807) is 6.33 Å². The van der Waals surface area contributed by atoms with Gasteiger partial charge >= 0.3 is 0 Å². The van der Waals surface area contributed by atoms with Crippen molar-refractivity contribution in [3.05, 3.63) is 47.5 Å². The third kappa shape index (κ3) is 2.30. The minimum Gasteiger partial charge on any atom is -0.342 e. The molecule has 1 N–H and O–H groups in total. The number of aromatic nitrogens is 3. The number of rotatable bonds is 2. The number of nitrogens with zero attached hydrogens (tertiary/aromatic N) is 3. The number of piperidine rings is 1. The highest BCUT2D eigenvalue weighted by Crippen LogP contribution is 2.35. The second kappa shape index (κ2) is 5.55. The molecule has 1 atom stereocenters. The van der Waals surface area contributed by atoms with Gasteiger partial charge in [-0.1, -0.05) is 24.3 Å². The summed E-state index contributed by atoms with van der Waals surface area (Å²) in [5, 5.41) is 6.88. The number of amides is 1. The van der Waals surface area contributed by atoms with E-state index in [4.69, 9.17) is 0 Å². The van der Waals surface area contributed by atoms with Crippen molar-refractivity contribution in [3.8, 4) is 0 Å². The molecule has 1 aliphatic heterocycles. The topological polar surface area (TPSA) is 61.9 Å². The molecule has 0 unspecified atom stereocenters. The molecule has 114 valence electrons. The Bertz CT molecular complexity index is 659. The lowest BCUT2D eigenvalue weighted by Crippen LogP contribution is -2.40. The highest BCUT2D eigenvalue weighted by atomic mass is 16.2. The lowest BCUT2D eigenvalue weighted by atomic mass is 9.93. The molecular formula is C17H20N4O. The summed E-state index contributed by atoms with van der Waals surface area (Å²) in [6.07, 6.45) is 5.48. The highest BCUT2D eigenvalue weighted by Gasteiger charge is 2.33. The largest absolute Gasteiger partial charge is 0.342 e. The molecule has 4 rings (SSSR count). The molecule has 0 saturated carbocycles. The maximum absolute atomic E-state index is 12.8. The van der Waals surface area contributed by atoms with Crippen LogP contribution in [0.5, 0.6) is 0 Å². The smallest absolute Gasteiger partial charge is 0.230 e. The lowest BCUT2D eigenvalue weighted by molar-refractivity contribution is -0.133. The van der Waals surface area contributed by atoms with Gasteiger partial charge in [-0.3, -0.25) is 9.89 Å². The molecule has 1 saturated heterocycles. The van der Waals surface area contributed by atoms with Crippen LogP contribution in [0.1, 0.15) is 48.0 Å². The van der Waals surface area contributed by atoms with E-state index in [-0.39, 0.29) is 5.92 Å². The van der Waals surface area contributed by atoms with Crippen LogP contribution in [-0.4, -0.2) is 39.1 Å². The van der Waals surface area contributed by atoms with E-state index in [0.717, 1.165) is 44.6 Å². The Hall–Kier alpha value is -2.17. The molecule has 1 aromatic carbocycles. The Morgan fingerprint density at radius 2 is 2.00 bits per heavy atom. The van der Waals surface area contributed by atoms with Gasteiger partial charge in [-0.15, -0.1) is 0 Å². The average Bonchev–Trinajstić information content (AvgIpc) is 3.24. The first-order valence-electron chi connectivity index (χ1n) is 8.05. The zero-order valence-electron chi connectivity index (χ0n) is 12.5. The van der Waals surface area contributed by atoms with Crippen LogP contribution >= 0.6 is 0 Å². The van der Waals surface area contributed by atoms with Crippen molar-refractivity contribution in [1.29, 1.82) is 0 Å². The molecule has 1 amide bonds. The van der Waals surface area contributed by atoms with Gasteiger partial charge in [0.25, 0.3) is 0 Å². The van der Waals surface area contributed by atoms with Crippen LogP contribution in [0, 0.1) is 0 Å². The van der Waals surface area contributed by atoms with Gasteiger partial charge in [0.2, 0.25) is 5.91 Å². The third-order valence-corrected chi connectivity index (χ3v) is 5.06. The van der Waals surface area contributed by atoms with E-state index >= 15 is 0 Å². The fourth-order valence-corrected chi connectivity index (χ4v) is 3.82. The molecular weight excluding hydrogens is 276 g/mol. The zero-order valence-corrected chi connectivity index (χ0v) is 12.5. The number of hydrogen-bond donors (Lipinski definition) is 1. The van der Waals surface area contributed by atoms with Crippen molar-refractivity contribution in [2.75, 3.05) is 13.1 Å². The van der Waals surface area contributed by atoms with E-state index < -0.39 is 0 Å². The molecule has 5 heteroatoms. The summed E-state index contributed by atoms with van der Waals surface area (Å²) in [6, 6.07) is 8.38. The van der Waals surface area contributed by atoms with Crippen LogP contribution in [-0.2, 0) is 11.2 Å². The number of aryl methyl sites for hydroxylation is 1. The highest BCUT2D eigenvalue weighted by molar-refractivity contribution is 5.85. The van der Waals surface area contributed by atoms with Crippen LogP contribution in [0.2, 0.25) is 0 Å². The van der Waals surface area contributed by atoms with Gasteiger partial charge in [-0.05, 0) is 36.8 Å². The molecule has 22 heavy (non-hydrogen) atoms. The standard InChI is InChI=1S/C17H20N4O/c22-17(15-6-5-12-3-1-2-4-14(12)15)21-9-7-13(8-10-21)16-18-11-19-20-16/h1-4,11,13,15H,5-10H2,(H,18,19,20)/t15-/m1/s1. The molecule has 2 heterocycles. The van der Waals surface area contributed by atoms with Gasteiger partial charge < -0.3 is 4.90 Å². The van der Waals surface area contributed by atoms with Crippen molar-refractivity contribution < 1.29 is 4.79 Å². The van der Waals surface area contributed by atoms with E-state index in [9.17, 15) is 4.79 Å². The van der Waals surface area contributed by atoms with Gasteiger partial charge in [0.15, 0.2) is 0 Å². The molecule has 0 radical (unpaired) electrons. The Kier molecular flexibility index (Phi) is 3.41. The monoisotopic (exact) mass is 296 g/mol. The normalized spacial score (nSPS) is 21.8.